The summed E-state index contributed by atoms with van der Waals surface area (Å²) in [5, 5.41) is 0. The Morgan fingerprint density at radius 1 is 1.12 bits per heavy atom. The molecule has 5 nitrogen and oxygen atoms in total. The number of hydrogen-bond acceptors (Lipinski definition) is 4. The summed E-state index contributed by atoms with van der Waals surface area (Å²) in [4.78, 5) is 19.5. The molecule has 24 heavy (non-hydrogen) atoms. The number of ether oxygens (including phenoxy) is 2. The molecule has 0 saturated carbocycles. The predicted molar refractivity (Wildman–Crippen MR) is 93.4 cm³/mol. The van der Waals surface area contributed by atoms with Crippen LogP contribution in [0.4, 0.5) is 0 Å². The van der Waals surface area contributed by atoms with Gasteiger partial charge >= 0.3 is 5.97 Å². The number of carbonyl (C=O) groups excluding carboxylic acids is 1. The number of fused-ring (bicyclic) bond motifs is 1. The molecule has 0 bridgehead atoms. The maximum absolute atomic E-state index is 11.5. The molecule has 0 radical (unpaired) electrons. The van der Waals surface area contributed by atoms with E-state index in [1.807, 2.05) is 38.1 Å². The lowest BCUT2D eigenvalue weighted by atomic mass is 10.2. The van der Waals surface area contributed by atoms with E-state index in [1.54, 1.807) is 13.0 Å². The van der Waals surface area contributed by atoms with Crippen LogP contribution in [0.25, 0.3) is 22.4 Å². The van der Waals surface area contributed by atoms with Crippen LogP contribution >= 0.6 is 0 Å². The first-order valence-corrected chi connectivity index (χ1v) is 8.05. The number of aryl methyl sites for hydroxylation is 1. The summed E-state index contributed by atoms with van der Waals surface area (Å²) in [6.45, 7) is 6.18. The minimum absolute atomic E-state index is 0.289. The number of benzene rings is 2. The fourth-order valence-corrected chi connectivity index (χ4v) is 2.46. The number of aromatic nitrogens is 2. The average molecular weight is 324 g/mol. The van der Waals surface area contributed by atoms with Crippen LogP contribution in [0.2, 0.25) is 0 Å². The van der Waals surface area contributed by atoms with Crippen LogP contribution in [0.1, 0.15) is 25.8 Å². The molecule has 0 amide bonds. The smallest absolute Gasteiger partial charge is 0.311 e. The van der Waals surface area contributed by atoms with Crippen molar-refractivity contribution in [3.05, 3.63) is 42.0 Å². The zero-order chi connectivity index (χ0) is 17.1. The van der Waals surface area contributed by atoms with Crippen LogP contribution in [0.3, 0.4) is 0 Å². The molecule has 124 valence electrons. The van der Waals surface area contributed by atoms with E-state index in [9.17, 15) is 4.79 Å². The number of nitrogens with zero attached hydrogens (tertiary/aromatic N) is 1. The summed E-state index contributed by atoms with van der Waals surface area (Å²) in [6.07, 6.45) is 0.316. The third-order valence-electron chi connectivity index (χ3n) is 3.67. The Bertz CT molecular complexity index is 883. The largest absolute Gasteiger partial charge is 0.490 e. The third-order valence-corrected chi connectivity index (χ3v) is 3.67. The Balaban J connectivity index is 2.00. The van der Waals surface area contributed by atoms with Gasteiger partial charge in [-0.2, -0.15) is 0 Å². The molecule has 1 N–H and O–H groups in total. The molecule has 0 unspecified atom stereocenters. The van der Waals surface area contributed by atoms with E-state index in [4.69, 9.17) is 9.47 Å². The normalized spacial score (nSPS) is 10.8. The molecule has 2 aromatic carbocycles. The summed E-state index contributed by atoms with van der Waals surface area (Å²) in [5.74, 6) is 1.43. The SMILES string of the molecule is CCOc1cc(-c2nc3ccc(C)cc3[nH]2)ccc1OC(=O)CC. The Hall–Kier alpha value is -2.82. The molecule has 0 saturated heterocycles. The summed E-state index contributed by atoms with van der Waals surface area (Å²) in [7, 11) is 0. The van der Waals surface area contributed by atoms with Crippen LogP contribution in [0.5, 0.6) is 11.5 Å². The van der Waals surface area contributed by atoms with Crippen molar-refractivity contribution in [3.63, 3.8) is 0 Å². The van der Waals surface area contributed by atoms with E-state index in [0.717, 1.165) is 22.4 Å². The minimum Gasteiger partial charge on any atom is -0.490 e. The molecule has 0 aliphatic rings. The fourth-order valence-electron chi connectivity index (χ4n) is 2.46. The van der Waals surface area contributed by atoms with Crippen LogP contribution in [-0.4, -0.2) is 22.5 Å². The molecule has 0 atom stereocenters. The quantitative estimate of drug-likeness (QED) is 0.563. The summed E-state index contributed by atoms with van der Waals surface area (Å²) in [5.41, 5.74) is 3.96. The molecule has 3 rings (SSSR count). The number of esters is 1. The van der Waals surface area contributed by atoms with E-state index >= 15 is 0 Å². The second kappa shape index (κ2) is 6.74. The number of H-pyrrole nitrogens is 1. The number of imidazole rings is 1. The first kappa shape index (κ1) is 16.1. The van der Waals surface area contributed by atoms with Crippen molar-refractivity contribution in [3.8, 4) is 22.9 Å². The standard InChI is InChI=1S/C19H20N2O3/c1-4-18(22)24-16-9-7-13(11-17(16)23-5-2)19-20-14-8-6-12(3)10-15(14)21-19/h6-11H,4-5H2,1-3H3,(H,20,21). The highest BCUT2D eigenvalue weighted by atomic mass is 16.6. The lowest BCUT2D eigenvalue weighted by Crippen LogP contribution is -2.07. The van der Waals surface area contributed by atoms with Gasteiger partial charge in [0.25, 0.3) is 0 Å². The Morgan fingerprint density at radius 3 is 2.71 bits per heavy atom. The first-order chi connectivity index (χ1) is 11.6. The number of nitrogens with one attached hydrogen (secondary N) is 1. The molecule has 0 fully saturated rings. The van der Waals surface area contributed by atoms with Crippen molar-refractivity contribution >= 4 is 17.0 Å². The monoisotopic (exact) mass is 324 g/mol. The molecular weight excluding hydrogens is 304 g/mol. The fraction of sp³-hybridized carbons (Fsp3) is 0.263. The van der Waals surface area contributed by atoms with Crippen molar-refractivity contribution in [2.24, 2.45) is 0 Å². The van der Waals surface area contributed by atoms with Gasteiger partial charge in [-0.05, 0) is 49.7 Å². The number of aromatic amines is 1. The molecule has 0 aliphatic carbocycles. The molecule has 1 aromatic heterocycles. The average Bonchev–Trinajstić information content (AvgIpc) is 2.99. The maximum atomic E-state index is 11.5. The van der Waals surface area contributed by atoms with Gasteiger partial charge in [-0.1, -0.05) is 13.0 Å². The van der Waals surface area contributed by atoms with Crippen LogP contribution < -0.4 is 9.47 Å². The Kier molecular flexibility index (Phi) is 4.51. The Labute approximate surface area is 140 Å². The van der Waals surface area contributed by atoms with Crippen molar-refractivity contribution in [1.29, 1.82) is 0 Å². The van der Waals surface area contributed by atoms with Crippen LogP contribution in [0.15, 0.2) is 36.4 Å². The molecule has 3 aromatic rings. The number of carbonyl (C=O) groups is 1. The van der Waals surface area contributed by atoms with Crippen molar-refractivity contribution in [2.45, 2.75) is 27.2 Å². The number of rotatable bonds is 5. The first-order valence-electron chi connectivity index (χ1n) is 8.05. The van der Waals surface area contributed by atoms with Gasteiger partial charge in [-0.3, -0.25) is 4.79 Å². The van der Waals surface area contributed by atoms with E-state index in [1.165, 1.54) is 5.56 Å². The van der Waals surface area contributed by atoms with Gasteiger partial charge in [0.1, 0.15) is 5.82 Å². The highest BCUT2D eigenvalue weighted by Crippen LogP contribution is 2.33. The van der Waals surface area contributed by atoms with Gasteiger partial charge in [-0.25, -0.2) is 4.98 Å². The van der Waals surface area contributed by atoms with Crippen molar-refractivity contribution < 1.29 is 14.3 Å². The van der Waals surface area contributed by atoms with Gasteiger partial charge in [0.2, 0.25) is 0 Å². The minimum atomic E-state index is -0.289. The van der Waals surface area contributed by atoms with Crippen LogP contribution in [-0.2, 0) is 4.79 Å². The molecular formula is C19H20N2O3. The highest BCUT2D eigenvalue weighted by Gasteiger charge is 2.13. The van der Waals surface area contributed by atoms with E-state index < -0.39 is 0 Å². The summed E-state index contributed by atoms with van der Waals surface area (Å²) < 4.78 is 10.9. The van der Waals surface area contributed by atoms with Crippen molar-refractivity contribution in [1.82, 2.24) is 9.97 Å². The lowest BCUT2D eigenvalue weighted by Gasteiger charge is -2.11. The second-order valence-electron chi connectivity index (χ2n) is 5.53. The van der Waals surface area contributed by atoms with E-state index in [0.29, 0.717) is 24.5 Å². The third kappa shape index (κ3) is 3.25. The zero-order valence-corrected chi connectivity index (χ0v) is 14.1. The van der Waals surface area contributed by atoms with Crippen molar-refractivity contribution in [2.75, 3.05) is 6.61 Å². The van der Waals surface area contributed by atoms with Gasteiger partial charge in [0.05, 0.1) is 17.6 Å². The Morgan fingerprint density at radius 2 is 1.96 bits per heavy atom. The number of hydrogen-bond donors (Lipinski definition) is 1. The van der Waals surface area contributed by atoms with Gasteiger partial charge < -0.3 is 14.5 Å². The maximum Gasteiger partial charge on any atom is 0.311 e. The zero-order valence-electron chi connectivity index (χ0n) is 14.1. The summed E-state index contributed by atoms with van der Waals surface area (Å²) in [6, 6.07) is 11.5. The molecule has 5 heteroatoms. The van der Waals surface area contributed by atoms with E-state index in [-0.39, 0.29) is 5.97 Å². The highest BCUT2D eigenvalue weighted by molar-refractivity contribution is 5.80. The second-order valence-corrected chi connectivity index (χ2v) is 5.53. The predicted octanol–water partition coefficient (Wildman–Crippen LogP) is 4.25. The molecule has 1 heterocycles. The lowest BCUT2D eigenvalue weighted by molar-refractivity contribution is -0.134. The van der Waals surface area contributed by atoms with Crippen LogP contribution in [0, 0.1) is 6.92 Å². The van der Waals surface area contributed by atoms with Gasteiger partial charge in [-0.15, -0.1) is 0 Å². The molecule has 0 spiro atoms. The molecule has 0 aliphatic heterocycles. The summed E-state index contributed by atoms with van der Waals surface area (Å²) >= 11 is 0. The van der Waals surface area contributed by atoms with E-state index in [2.05, 4.69) is 16.0 Å². The van der Waals surface area contributed by atoms with Gasteiger partial charge in [0, 0.05) is 12.0 Å². The topological polar surface area (TPSA) is 64.2 Å². The van der Waals surface area contributed by atoms with Gasteiger partial charge in [0.15, 0.2) is 11.5 Å².